The van der Waals surface area contributed by atoms with Crippen molar-refractivity contribution < 1.29 is 9.90 Å². The third kappa shape index (κ3) is 2.09. The van der Waals surface area contributed by atoms with Gasteiger partial charge in [0.15, 0.2) is 0 Å². The lowest BCUT2D eigenvalue weighted by Crippen LogP contribution is -2.22. The Labute approximate surface area is 82.8 Å². The standard InChI is InChI=1S/C10H14N2O2/c1-6-3-4-9(12-7(6)2)8(5-11)10(13)14/h3-4,8H,5,11H2,1-2H3,(H,13,14). The average Bonchev–Trinajstić information content (AvgIpc) is 2.11. The van der Waals surface area contributed by atoms with E-state index >= 15 is 0 Å². The highest BCUT2D eigenvalue weighted by molar-refractivity contribution is 5.75. The summed E-state index contributed by atoms with van der Waals surface area (Å²) < 4.78 is 0. The number of carboxylic acid groups (broad SMARTS) is 1. The van der Waals surface area contributed by atoms with Crippen molar-refractivity contribution in [3.05, 3.63) is 29.1 Å². The van der Waals surface area contributed by atoms with E-state index in [0.29, 0.717) is 5.69 Å². The molecular formula is C10H14N2O2. The van der Waals surface area contributed by atoms with Crippen molar-refractivity contribution in [2.45, 2.75) is 19.8 Å². The Bertz CT molecular complexity index is 350. The van der Waals surface area contributed by atoms with E-state index in [9.17, 15) is 4.79 Å². The number of rotatable bonds is 3. The van der Waals surface area contributed by atoms with Crippen molar-refractivity contribution in [3.8, 4) is 0 Å². The van der Waals surface area contributed by atoms with Crippen LogP contribution in [0.15, 0.2) is 12.1 Å². The van der Waals surface area contributed by atoms with Gasteiger partial charge in [-0.25, -0.2) is 0 Å². The average molecular weight is 194 g/mol. The number of aromatic nitrogens is 1. The number of hydrogen-bond acceptors (Lipinski definition) is 3. The van der Waals surface area contributed by atoms with Crippen LogP contribution in [0.25, 0.3) is 0 Å². The first-order chi connectivity index (χ1) is 6.56. The van der Waals surface area contributed by atoms with Gasteiger partial charge in [-0.3, -0.25) is 9.78 Å². The zero-order valence-electron chi connectivity index (χ0n) is 8.32. The van der Waals surface area contributed by atoms with Gasteiger partial charge in [0.2, 0.25) is 0 Å². The fourth-order valence-corrected chi connectivity index (χ4v) is 1.19. The lowest BCUT2D eigenvalue weighted by atomic mass is 10.0. The van der Waals surface area contributed by atoms with Crippen LogP contribution in [-0.2, 0) is 4.79 Å². The number of nitrogens with zero attached hydrogens (tertiary/aromatic N) is 1. The summed E-state index contributed by atoms with van der Waals surface area (Å²) >= 11 is 0. The summed E-state index contributed by atoms with van der Waals surface area (Å²) in [4.78, 5) is 15.0. The Morgan fingerprint density at radius 3 is 2.64 bits per heavy atom. The molecule has 1 heterocycles. The van der Waals surface area contributed by atoms with Crippen LogP contribution in [0.5, 0.6) is 0 Å². The molecule has 1 atom stereocenters. The second-order valence-corrected chi connectivity index (χ2v) is 3.26. The first-order valence-corrected chi connectivity index (χ1v) is 4.43. The topological polar surface area (TPSA) is 76.2 Å². The maximum absolute atomic E-state index is 10.8. The van der Waals surface area contributed by atoms with Gasteiger partial charge in [-0.2, -0.15) is 0 Å². The van der Waals surface area contributed by atoms with Crippen LogP contribution in [-0.4, -0.2) is 22.6 Å². The summed E-state index contributed by atoms with van der Waals surface area (Å²) in [6.07, 6.45) is 0. The van der Waals surface area contributed by atoms with Gasteiger partial charge in [0.05, 0.1) is 5.69 Å². The molecule has 0 aliphatic carbocycles. The van der Waals surface area contributed by atoms with Gasteiger partial charge in [-0.15, -0.1) is 0 Å². The third-order valence-corrected chi connectivity index (χ3v) is 2.26. The quantitative estimate of drug-likeness (QED) is 0.747. The van der Waals surface area contributed by atoms with Crippen LogP contribution in [0.2, 0.25) is 0 Å². The summed E-state index contributed by atoms with van der Waals surface area (Å²) in [5, 5.41) is 8.87. The van der Waals surface area contributed by atoms with Crippen molar-refractivity contribution in [3.63, 3.8) is 0 Å². The second-order valence-electron chi connectivity index (χ2n) is 3.26. The molecule has 76 valence electrons. The Hall–Kier alpha value is -1.42. The molecule has 1 unspecified atom stereocenters. The highest BCUT2D eigenvalue weighted by Crippen LogP contribution is 2.14. The summed E-state index contributed by atoms with van der Waals surface area (Å²) in [7, 11) is 0. The van der Waals surface area contributed by atoms with E-state index in [-0.39, 0.29) is 6.54 Å². The van der Waals surface area contributed by atoms with Gasteiger partial charge >= 0.3 is 5.97 Å². The first-order valence-electron chi connectivity index (χ1n) is 4.43. The van der Waals surface area contributed by atoms with E-state index in [2.05, 4.69) is 4.98 Å². The number of carbonyl (C=O) groups is 1. The highest BCUT2D eigenvalue weighted by Gasteiger charge is 2.19. The minimum Gasteiger partial charge on any atom is -0.481 e. The molecule has 0 aliphatic heterocycles. The van der Waals surface area contributed by atoms with E-state index in [4.69, 9.17) is 10.8 Å². The molecule has 1 rings (SSSR count). The van der Waals surface area contributed by atoms with Crippen molar-refractivity contribution in [1.29, 1.82) is 0 Å². The Kier molecular flexibility index (Phi) is 3.19. The van der Waals surface area contributed by atoms with E-state index < -0.39 is 11.9 Å². The summed E-state index contributed by atoms with van der Waals surface area (Å²) in [5.41, 5.74) is 7.80. The number of aliphatic carboxylic acids is 1. The van der Waals surface area contributed by atoms with Crippen LogP contribution in [0.1, 0.15) is 22.9 Å². The fraction of sp³-hybridized carbons (Fsp3) is 0.400. The number of carboxylic acids is 1. The molecule has 4 heteroatoms. The third-order valence-electron chi connectivity index (χ3n) is 2.26. The predicted octanol–water partition coefficient (Wildman–Crippen LogP) is 0.825. The number of nitrogens with two attached hydrogens (primary N) is 1. The molecule has 0 amide bonds. The van der Waals surface area contributed by atoms with Gasteiger partial charge in [-0.1, -0.05) is 6.07 Å². The molecule has 1 aromatic heterocycles. The van der Waals surface area contributed by atoms with E-state index in [1.165, 1.54) is 0 Å². The van der Waals surface area contributed by atoms with Crippen LogP contribution < -0.4 is 5.73 Å². The molecule has 0 aliphatic rings. The number of pyridine rings is 1. The SMILES string of the molecule is Cc1ccc(C(CN)C(=O)O)nc1C. The number of aryl methyl sites for hydroxylation is 2. The molecule has 0 spiro atoms. The van der Waals surface area contributed by atoms with Crippen molar-refractivity contribution in [2.24, 2.45) is 5.73 Å². The fourth-order valence-electron chi connectivity index (χ4n) is 1.19. The molecule has 0 bridgehead atoms. The molecule has 4 nitrogen and oxygen atoms in total. The van der Waals surface area contributed by atoms with Crippen LogP contribution >= 0.6 is 0 Å². The maximum atomic E-state index is 10.8. The Morgan fingerprint density at radius 1 is 1.57 bits per heavy atom. The minimum absolute atomic E-state index is 0.0742. The molecule has 0 saturated heterocycles. The molecule has 3 N–H and O–H groups in total. The van der Waals surface area contributed by atoms with Gasteiger partial charge in [0.1, 0.15) is 5.92 Å². The first kappa shape index (κ1) is 10.7. The Morgan fingerprint density at radius 2 is 2.21 bits per heavy atom. The van der Waals surface area contributed by atoms with E-state index in [1.54, 1.807) is 6.07 Å². The normalized spacial score (nSPS) is 12.5. The minimum atomic E-state index is -0.928. The van der Waals surface area contributed by atoms with Crippen LogP contribution in [0.4, 0.5) is 0 Å². The lowest BCUT2D eigenvalue weighted by Gasteiger charge is -2.10. The van der Waals surface area contributed by atoms with Gasteiger partial charge in [0, 0.05) is 12.2 Å². The van der Waals surface area contributed by atoms with Gasteiger partial charge < -0.3 is 10.8 Å². The molecule has 0 saturated carbocycles. The largest absolute Gasteiger partial charge is 0.481 e. The van der Waals surface area contributed by atoms with E-state index in [1.807, 2.05) is 19.9 Å². The van der Waals surface area contributed by atoms with Gasteiger partial charge in [-0.05, 0) is 25.5 Å². The molecule has 0 fully saturated rings. The van der Waals surface area contributed by atoms with Crippen molar-refractivity contribution in [1.82, 2.24) is 4.98 Å². The molecular weight excluding hydrogens is 180 g/mol. The maximum Gasteiger partial charge on any atom is 0.313 e. The second kappa shape index (κ2) is 4.19. The molecule has 1 aromatic rings. The van der Waals surface area contributed by atoms with E-state index in [0.717, 1.165) is 11.3 Å². The molecule has 0 aromatic carbocycles. The summed E-state index contributed by atoms with van der Waals surface area (Å²) in [6, 6.07) is 3.58. The summed E-state index contributed by atoms with van der Waals surface area (Å²) in [5.74, 6) is -1.63. The smallest absolute Gasteiger partial charge is 0.313 e. The zero-order chi connectivity index (χ0) is 10.7. The van der Waals surface area contributed by atoms with Crippen LogP contribution in [0, 0.1) is 13.8 Å². The Balaban J connectivity index is 3.06. The van der Waals surface area contributed by atoms with Crippen molar-refractivity contribution >= 4 is 5.97 Å². The summed E-state index contributed by atoms with van der Waals surface area (Å²) in [6.45, 7) is 3.86. The predicted molar refractivity (Wildman–Crippen MR) is 53.1 cm³/mol. The van der Waals surface area contributed by atoms with Crippen molar-refractivity contribution in [2.75, 3.05) is 6.54 Å². The highest BCUT2D eigenvalue weighted by atomic mass is 16.4. The lowest BCUT2D eigenvalue weighted by molar-refractivity contribution is -0.138. The van der Waals surface area contributed by atoms with Crippen LogP contribution in [0.3, 0.4) is 0 Å². The zero-order valence-corrected chi connectivity index (χ0v) is 8.32. The van der Waals surface area contributed by atoms with Gasteiger partial charge in [0.25, 0.3) is 0 Å². The molecule has 0 radical (unpaired) electrons. The monoisotopic (exact) mass is 194 g/mol. The number of hydrogen-bond donors (Lipinski definition) is 2. The molecule has 14 heavy (non-hydrogen) atoms.